The van der Waals surface area contributed by atoms with Crippen LogP contribution in [-0.2, 0) is 9.53 Å². The molecule has 0 bridgehead atoms. The summed E-state index contributed by atoms with van der Waals surface area (Å²) in [5.41, 5.74) is 2.82. The molecule has 2 aliphatic rings. The van der Waals surface area contributed by atoms with Gasteiger partial charge in [0.25, 0.3) is 0 Å². The van der Waals surface area contributed by atoms with Crippen LogP contribution in [-0.4, -0.2) is 36.5 Å². The Labute approximate surface area is 187 Å². The average molecular weight is 428 g/mol. The summed E-state index contributed by atoms with van der Waals surface area (Å²) in [4.78, 5) is 24.3. The zero-order valence-electron chi connectivity index (χ0n) is 18.1. The highest BCUT2D eigenvalue weighted by Gasteiger charge is 2.25. The molecule has 1 aromatic heterocycles. The number of piperidine rings is 1. The third kappa shape index (κ3) is 4.08. The first-order chi connectivity index (χ1) is 15.7. The van der Waals surface area contributed by atoms with Gasteiger partial charge in [0.15, 0.2) is 5.70 Å². The van der Waals surface area contributed by atoms with Gasteiger partial charge in [0, 0.05) is 29.6 Å². The summed E-state index contributed by atoms with van der Waals surface area (Å²) >= 11 is 0. The van der Waals surface area contributed by atoms with Crippen molar-refractivity contribution in [3.63, 3.8) is 0 Å². The second kappa shape index (κ2) is 8.83. The number of carbonyl (C=O) groups excluding carboxylic acids is 1. The summed E-state index contributed by atoms with van der Waals surface area (Å²) in [6.07, 6.45) is 5.30. The molecule has 3 heterocycles. The fourth-order valence-electron chi connectivity index (χ4n) is 4.14. The van der Waals surface area contributed by atoms with Crippen molar-refractivity contribution < 1.29 is 14.3 Å². The first-order valence-electron chi connectivity index (χ1n) is 11.1. The third-order valence-electron chi connectivity index (χ3n) is 5.69. The number of aliphatic imine (C=N–C) groups is 1. The number of pyridine rings is 1. The number of carbonyl (C=O) groups is 1. The monoisotopic (exact) mass is 427 g/mol. The van der Waals surface area contributed by atoms with E-state index >= 15 is 0 Å². The van der Waals surface area contributed by atoms with Crippen molar-refractivity contribution in [1.82, 2.24) is 4.98 Å². The molecule has 162 valence electrons. The minimum atomic E-state index is -0.448. The minimum Gasteiger partial charge on any atom is -0.494 e. The maximum absolute atomic E-state index is 12.6. The highest BCUT2D eigenvalue weighted by Crippen LogP contribution is 2.31. The van der Waals surface area contributed by atoms with E-state index in [0.29, 0.717) is 12.5 Å². The van der Waals surface area contributed by atoms with E-state index in [1.807, 2.05) is 55.5 Å². The summed E-state index contributed by atoms with van der Waals surface area (Å²) in [5.74, 6) is 1.56. The molecule has 0 unspecified atom stereocenters. The molecule has 0 aliphatic carbocycles. The lowest BCUT2D eigenvalue weighted by atomic mass is 10.1. The molecule has 0 radical (unpaired) electrons. The Balaban J connectivity index is 1.60. The van der Waals surface area contributed by atoms with Gasteiger partial charge in [0.1, 0.15) is 11.6 Å². The number of ether oxygens (including phenoxy) is 2. The first-order valence-corrected chi connectivity index (χ1v) is 11.1. The Kier molecular flexibility index (Phi) is 5.58. The maximum atomic E-state index is 12.6. The summed E-state index contributed by atoms with van der Waals surface area (Å²) in [6, 6.07) is 17.4. The molecular formula is C26H25N3O3. The molecule has 0 spiro atoms. The Morgan fingerprint density at radius 1 is 1.06 bits per heavy atom. The quantitative estimate of drug-likeness (QED) is 0.425. The number of aromatic nitrogens is 1. The lowest BCUT2D eigenvalue weighted by molar-refractivity contribution is -0.129. The van der Waals surface area contributed by atoms with Crippen LogP contribution in [0, 0.1) is 0 Å². The summed E-state index contributed by atoms with van der Waals surface area (Å²) in [7, 11) is 0. The Morgan fingerprint density at radius 3 is 2.66 bits per heavy atom. The van der Waals surface area contributed by atoms with Crippen molar-refractivity contribution in [3.8, 4) is 5.75 Å². The summed E-state index contributed by atoms with van der Waals surface area (Å²) < 4.78 is 11.1. The van der Waals surface area contributed by atoms with E-state index in [9.17, 15) is 4.79 Å². The van der Waals surface area contributed by atoms with Gasteiger partial charge in [-0.3, -0.25) is 0 Å². The van der Waals surface area contributed by atoms with E-state index in [-0.39, 0.29) is 5.70 Å². The van der Waals surface area contributed by atoms with Crippen LogP contribution in [0.1, 0.15) is 37.3 Å². The Morgan fingerprint density at radius 2 is 1.88 bits per heavy atom. The van der Waals surface area contributed by atoms with E-state index in [1.165, 1.54) is 6.42 Å². The maximum Gasteiger partial charge on any atom is 0.363 e. The van der Waals surface area contributed by atoms with Crippen molar-refractivity contribution >= 4 is 34.7 Å². The van der Waals surface area contributed by atoms with E-state index in [0.717, 1.165) is 59.5 Å². The number of rotatable bonds is 5. The first kappa shape index (κ1) is 20.2. The number of benzene rings is 2. The lowest BCUT2D eigenvalue weighted by Gasteiger charge is -2.29. The molecule has 5 rings (SSSR count). The van der Waals surface area contributed by atoms with Gasteiger partial charge in [-0.1, -0.05) is 18.2 Å². The highest BCUT2D eigenvalue weighted by molar-refractivity contribution is 6.13. The average Bonchev–Trinajstić information content (AvgIpc) is 3.20. The molecule has 0 N–H and O–H groups in total. The van der Waals surface area contributed by atoms with Crippen LogP contribution in [0.5, 0.6) is 5.75 Å². The van der Waals surface area contributed by atoms with Gasteiger partial charge in [0.2, 0.25) is 5.90 Å². The predicted octanol–water partition coefficient (Wildman–Crippen LogP) is 4.97. The van der Waals surface area contributed by atoms with Gasteiger partial charge in [-0.25, -0.2) is 14.8 Å². The van der Waals surface area contributed by atoms with Gasteiger partial charge in [-0.15, -0.1) is 0 Å². The standard InChI is InChI=1S/C26H25N3O3/c1-2-31-21-11-12-22-19(16-21)15-20(24(27-22)29-13-7-4-8-14-29)17-23-26(30)32-25(28-23)18-9-5-3-6-10-18/h3,5-6,9-12,15-17H,2,4,7-8,13-14H2,1H3/b23-17+. The minimum absolute atomic E-state index is 0.282. The van der Waals surface area contributed by atoms with Gasteiger partial charge in [-0.05, 0) is 68.7 Å². The molecule has 32 heavy (non-hydrogen) atoms. The summed E-state index contributed by atoms with van der Waals surface area (Å²) in [6.45, 7) is 4.47. The smallest absolute Gasteiger partial charge is 0.363 e. The van der Waals surface area contributed by atoms with Gasteiger partial charge in [-0.2, -0.15) is 0 Å². The number of nitrogens with zero attached hydrogens (tertiary/aromatic N) is 3. The van der Waals surface area contributed by atoms with E-state index < -0.39 is 5.97 Å². The van der Waals surface area contributed by atoms with E-state index in [2.05, 4.69) is 16.0 Å². The lowest BCUT2D eigenvalue weighted by Crippen LogP contribution is -2.30. The van der Waals surface area contributed by atoms with E-state index in [4.69, 9.17) is 14.5 Å². The number of esters is 1. The number of hydrogen-bond acceptors (Lipinski definition) is 6. The number of cyclic esters (lactones) is 1. The van der Waals surface area contributed by atoms with Crippen molar-refractivity contribution in [2.24, 2.45) is 4.99 Å². The predicted molar refractivity (Wildman–Crippen MR) is 126 cm³/mol. The number of anilines is 1. The molecule has 2 aliphatic heterocycles. The van der Waals surface area contributed by atoms with Gasteiger partial charge < -0.3 is 14.4 Å². The van der Waals surface area contributed by atoms with Crippen molar-refractivity contribution in [1.29, 1.82) is 0 Å². The fourth-order valence-corrected chi connectivity index (χ4v) is 4.14. The van der Waals surface area contributed by atoms with Crippen LogP contribution >= 0.6 is 0 Å². The van der Waals surface area contributed by atoms with Crippen molar-refractivity contribution in [2.75, 3.05) is 24.6 Å². The molecule has 1 fully saturated rings. The normalized spacial score (nSPS) is 17.5. The van der Waals surface area contributed by atoms with Crippen molar-refractivity contribution in [2.45, 2.75) is 26.2 Å². The molecule has 0 saturated carbocycles. The molecule has 0 amide bonds. The summed E-state index contributed by atoms with van der Waals surface area (Å²) in [5, 5.41) is 0.960. The van der Waals surface area contributed by atoms with Crippen LogP contribution in [0.25, 0.3) is 17.0 Å². The molecular weight excluding hydrogens is 402 g/mol. The van der Waals surface area contributed by atoms with Crippen LogP contribution in [0.15, 0.2) is 65.3 Å². The van der Waals surface area contributed by atoms with Crippen LogP contribution in [0.4, 0.5) is 5.82 Å². The Bertz CT molecular complexity index is 1210. The second-order valence-corrected chi connectivity index (χ2v) is 7.94. The molecule has 1 saturated heterocycles. The Hall–Kier alpha value is -3.67. The third-order valence-corrected chi connectivity index (χ3v) is 5.69. The fraction of sp³-hybridized carbons (Fsp3) is 0.269. The van der Waals surface area contributed by atoms with Gasteiger partial charge in [0.05, 0.1) is 12.1 Å². The highest BCUT2D eigenvalue weighted by atomic mass is 16.6. The molecule has 3 aromatic rings. The number of fused-ring (bicyclic) bond motifs is 1. The topological polar surface area (TPSA) is 64.0 Å². The van der Waals surface area contributed by atoms with E-state index in [1.54, 1.807) is 6.08 Å². The molecule has 6 nitrogen and oxygen atoms in total. The molecule has 0 atom stereocenters. The zero-order chi connectivity index (χ0) is 21.9. The number of hydrogen-bond donors (Lipinski definition) is 0. The van der Waals surface area contributed by atoms with Gasteiger partial charge >= 0.3 is 5.97 Å². The van der Waals surface area contributed by atoms with Crippen LogP contribution in [0.2, 0.25) is 0 Å². The SMILES string of the molecule is CCOc1ccc2nc(N3CCCCC3)c(/C=C3/N=C(c4ccccc4)OC3=O)cc2c1. The van der Waals surface area contributed by atoms with Crippen LogP contribution < -0.4 is 9.64 Å². The van der Waals surface area contributed by atoms with Crippen molar-refractivity contribution in [3.05, 3.63) is 71.4 Å². The van der Waals surface area contributed by atoms with Crippen LogP contribution in [0.3, 0.4) is 0 Å². The zero-order valence-corrected chi connectivity index (χ0v) is 18.1. The second-order valence-electron chi connectivity index (χ2n) is 7.94. The molecule has 6 heteroatoms. The molecule has 2 aromatic carbocycles. The largest absolute Gasteiger partial charge is 0.494 e.